The number of hydrogen-bond donors (Lipinski definition) is 2. The minimum atomic E-state index is -1.19. The van der Waals surface area contributed by atoms with Gasteiger partial charge in [0.25, 0.3) is 0 Å². The van der Waals surface area contributed by atoms with Crippen molar-refractivity contribution < 1.29 is 19.6 Å². The smallest absolute Gasteiger partial charge is 0.358 e. The molecular formula is C17H17ClN2O4. The van der Waals surface area contributed by atoms with Gasteiger partial charge in [0.05, 0.1) is 0 Å². The average Bonchev–Trinajstić information content (AvgIpc) is 2.58. The zero-order valence-corrected chi connectivity index (χ0v) is 13.9. The largest absolute Gasteiger partial charge is 0.476 e. The number of benzene rings is 2. The normalized spacial score (nSPS) is 12.7. The third-order valence-corrected chi connectivity index (χ3v) is 3.54. The van der Waals surface area contributed by atoms with Crippen LogP contribution in [0.25, 0.3) is 0 Å². The third kappa shape index (κ3) is 4.11. The van der Waals surface area contributed by atoms with Crippen LogP contribution in [0.2, 0.25) is 5.02 Å². The van der Waals surface area contributed by atoms with E-state index in [2.05, 4.69) is 15.5 Å². The van der Waals surface area contributed by atoms with Gasteiger partial charge in [-0.3, -0.25) is 4.84 Å². The molecule has 126 valence electrons. The summed E-state index contributed by atoms with van der Waals surface area (Å²) in [6.45, 7) is 0. The number of nitrogens with zero attached hydrogens (tertiary/aromatic N) is 1. The van der Waals surface area contributed by atoms with Crippen molar-refractivity contribution in [1.82, 2.24) is 5.48 Å². The zero-order chi connectivity index (χ0) is 17.5. The van der Waals surface area contributed by atoms with Crippen LogP contribution in [-0.4, -0.2) is 30.9 Å². The van der Waals surface area contributed by atoms with Crippen molar-refractivity contribution in [1.29, 1.82) is 0 Å². The van der Waals surface area contributed by atoms with Gasteiger partial charge in [-0.25, -0.2) is 10.3 Å². The first-order chi connectivity index (χ1) is 11.6. The molecule has 2 aromatic carbocycles. The van der Waals surface area contributed by atoms with E-state index >= 15 is 0 Å². The lowest BCUT2D eigenvalue weighted by Crippen LogP contribution is -2.21. The Labute approximate surface area is 144 Å². The van der Waals surface area contributed by atoms with Crippen molar-refractivity contribution in [2.24, 2.45) is 5.16 Å². The highest BCUT2D eigenvalue weighted by Gasteiger charge is 2.24. The Hall–Kier alpha value is -2.41. The number of carboxylic acid groups (broad SMARTS) is 1. The lowest BCUT2D eigenvalue weighted by molar-refractivity contribution is -0.129. The molecule has 0 saturated carbocycles. The number of hydrogen-bond acceptors (Lipinski definition) is 5. The van der Waals surface area contributed by atoms with Gasteiger partial charge in [-0.15, -0.1) is 0 Å². The molecule has 0 heterocycles. The summed E-state index contributed by atoms with van der Waals surface area (Å²) in [6, 6.07) is 14.1. The highest BCUT2D eigenvalue weighted by atomic mass is 35.5. The van der Waals surface area contributed by atoms with Crippen LogP contribution in [0.1, 0.15) is 22.8 Å². The van der Waals surface area contributed by atoms with Crippen molar-refractivity contribution in [3.8, 4) is 0 Å². The highest BCUT2D eigenvalue weighted by Crippen LogP contribution is 2.29. The van der Waals surface area contributed by atoms with E-state index in [1.54, 1.807) is 43.4 Å². The van der Waals surface area contributed by atoms with Gasteiger partial charge in [-0.2, -0.15) is 0 Å². The molecule has 0 aromatic heterocycles. The Balaban J connectivity index is 2.57. The van der Waals surface area contributed by atoms with Gasteiger partial charge >= 0.3 is 5.97 Å². The summed E-state index contributed by atoms with van der Waals surface area (Å²) in [4.78, 5) is 21.8. The second kappa shape index (κ2) is 8.44. The van der Waals surface area contributed by atoms with Gasteiger partial charge in [0.1, 0.15) is 13.2 Å². The summed E-state index contributed by atoms with van der Waals surface area (Å²) in [5, 5.41) is 13.6. The van der Waals surface area contributed by atoms with Crippen molar-refractivity contribution in [3.05, 3.63) is 70.2 Å². The first kappa shape index (κ1) is 17.9. The van der Waals surface area contributed by atoms with Crippen LogP contribution in [-0.2, 0) is 14.5 Å². The molecule has 0 radical (unpaired) electrons. The lowest BCUT2D eigenvalue weighted by atomic mass is 9.94. The van der Waals surface area contributed by atoms with Gasteiger partial charge in [-0.1, -0.05) is 53.2 Å². The standard InChI is InChI=1S/C17H17ClN2O4/c1-19-24-16(11-7-9-12(18)10-8-11)14-6-4-3-5-13(14)15(17(21)22)20-23-2/h3-10,16,19H,1-2H3,(H,21,22)/b20-15-. The van der Waals surface area contributed by atoms with Crippen molar-refractivity contribution in [2.75, 3.05) is 14.2 Å². The van der Waals surface area contributed by atoms with Crippen molar-refractivity contribution in [2.45, 2.75) is 6.10 Å². The van der Waals surface area contributed by atoms with E-state index in [9.17, 15) is 9.90 Å². The number of nitrogens with one attached hydrogen (secondary N) is 1. The molecule has 6 nitrogen and oxygen atoms in total. The molecule has 2 rings (SSSR count). The van der Waals surface area contributed by atoms with Crippen LogP contribution >= 0.6 is 11.6 Å². The van der Waals surface area contributed by atoms with Gasteiger partial charge in [-0.05, 0) is 23.3 Å². The number of carbonyl (C=O) groups is 1. The van der Waals surface area contributed by atoms with Crippen molar-refractivity contribution >= 4 is 23.3 Å². The Morgan fingerprint density at radius 2 is 1.88 bits per heavy atom. The Kier molecular flexibility index (Phi) is 6.31. The van der Waals surface area contributed by atoms with Crippen molar-refractivity contribution in [3.63, 3.8) is 0 Å². The molecule has 0 spiro atoms. The van der Waals surface area contributed by atoms with Crippen LogP contribution in [0.15, 0.2) is 53.7 Å². The Bertz CT molecular complexity index is 732. The molecule has 0 saturated heterocycles. The molecule has 0 aliphatic rings. The summed E-state index contributed by atoms with van der Waals surface area (Å²) >= 11 is 5.93. The molecular weight excluding hydrogens is 332 g/mol. The minimum Gasteiger partial charge on any atom is -0.476 e. The number of carboxylic acids is 1. The second-order valence-corrected chi connectivity index (χ2v) is 5.20. The molecule has 2 N–H and O–H groups in total. The first-order valence-electron chi connectivity index (χ1n) is 7.10. The van der Waals surface area contributed by atoms with Gasteiger partial charge < -0.3 is 9.94 Å². The predicted octanol–water partition coefficient (Wildman–Crippen LogP) is 3.02. The summed E-state index contributed by atoms with van der Waals surface area (Å²) in [7, 11) is 2.93. The van der Waals surface area contributed by atoms with E-state index in [0.717, 1.165) is 5.56 Å². The second-order valence-electron chi connectivity index (χ2n) is 4.77. The van der Waals surface area contributed by atoms with Crippen LogP contribution in [0.4, 0.5) is 0 Å². The molecule has 0 aliphatic carbocycles. The molecule has 24 heavy (non-hydrogen) atoms. The fourth-order valence-electron chi connectivity index (χ4n) is 2.30. The first-order valence-corrected chi connectivity index (χ1v) is 7.48. The maximum atomic E-state index is 11.5. The zero-order valence-electron chi connectivity index (χ0n) is 13.2. The van der Waals surface area contributed by atoms with Crippen LogP contribution in [0.3, 0.4) is 0 Å². The monoisotopic (exact) mass is 348 g/mol. The van der Waals surface area contributed by atoms with E-state index < -0.39 is 12.1 Å². The molecule has 0 aliphatic heterocycles. The number of aliphatic carboxylic acids is 1. The fourth-order valence-corrected chi connectivity index (χ4v) is 2.43. The molecule has 0 bridgehead atoms. The SMILES string of the molecule is CNOC(c1ccc(Cl)cc1)c1ccccc1/C(=N/OC)C(=O)O. The van der Waals surface area contributed by atoms with E-state index in [1.165, 1.54) is 7.11 Å². The minimum absolute atomic E-state index is 0.202. The molecule has 1 unspecified atom stereocenters. The molecule has 7 heteroatoms. The van der Waals surface area contributed by atoms with Crippen LogP contribution in [0.5, 0.6) is 0 Å². The van der Waals surface area contributed by atoms with E-state index in [0.29, 0.717) is 16.1 Å². The number of rotatable bonds is 7. The van der Waals surface area contributed by atoms with E-state index in [-0.39, 0.29) is 5.71 Å². The topological polar surface area (TPSA) is 80.1 Å². The molecule has 1 atom stereocenters. The van der Waals surface area contributed by atoms with Gasteiger partial charge in [0.15, 0.2) is 5.71 Å². The molecule has 2 aromatic rings. The fraction of sp³-hybridized carbons (Fsp3) is 0.176. The summed E-state index contributed by atoms with van der Waals surface area (Å²) in [5.74, 6) is -1.19. The maximum absolute atomic E-state index is 11.5. The van der Waals surface area contributed by atoms with Gasteiger partial charge in [0.2, 0.25) is 0 Å². The Morgan fingerprint density at radius 3 is 2.46 bits per heavy atom. The number of oxime groups is 1. The molecule has 0 fully saturated rings. The van der Waals surface area contributed by atoms with E-state index in [1.807, 2.05) is 12.1 Å². The van der Waals surface area contributed by atoms with Gasteiger partial charge in [0, 0.05) is 17.6 Å². The van der Waals surface area contributed by atoms with E-state index in [4.69, 9.17) is 16.4 Å². The van der Waals surface area contributed by atoms with Crippen LogP contribution < -0.4 is 5.48 Å². The maximum Gasteiger partial charge on any atom is 0.358 e. The highest BCUT2D eigenvalue weighted by molar-refractivity contribution is 6.42. The summed E-state index contributed by atoms with van der Waals surface area (Å²) < 4.78 is 0. The van der Waals surface area contributed by atoms with Crippen LogP contribution in [0, 0.1) is 0 Å². The average molecular weight is 349 g/mol. The summed E-state index contributed by atoms with van der Waals surface area (Å²) in [5.41, 5.74) is 4.30. The quantitative estimate of drug-likeness (QED) is 0.594. The number of halogens is 1. The molecule has 0 amide bonds. The number of hydroxylamine groups is 1. The lowest BCUT2D eigenvalue weighted by Gasteiger charge is -2.20. The predicted molar refractivity (Wildman–Crippen MR) is 91.1 cm³/mol. The summed E-state index contributed by atoms with van der Waals surface area (Å²) in [6.07, 6.45) is -0.551. The Morgan fingerprint density at radius 1 is 1.21 bits per heavy atom. The third-order valence-electron chi connectivity index (χ3n) is 3.29.